The Morgan fingerprint density at radius 3 is 2.59 bits per heavy atom. The lowest BCUT2D eigenvalue weighted by molar-refractivity contribution is 0.126. The minimum atomic E-state index is -0.320. The summed E-state index contributed by atoms with van der Waals surface area (Å²) >= 11 is 0. The molecule has 0 saturated heterocycles. The lowest BCUT2D eigenvalue weighted by Gasteiger charge is -2.20. The van der Waals surface area contributed by atoms with Crippen LogP contribution in [0.25, 0.3) is 11.2 Å². The monoisotopic (exact) mass is 235 g/mol. The van der Waals surface area contributed by atoms with Gasteiger partial charge < -0.3 is 10.5 Å². The van der Waals surface area contributed by atoms with Gasteiger partial charge in [0.15, 0.2) is 11.2 Å². The van der Waals surface area contributed by atoms with Gasteiger partial charge in [-0.05, 0) is 27.7 Å². The average Bonchev–Trinajstić information content (AvgIpc) is 2.59. The third-order valence-electron chi connectivity index (χ3n) is 2.17. The van der Waals surface area contributed by atoms with Crippen molar-refractivity contribution in [3.05, 3.63) is 12.7 Å². The van der Waals surface area contributed by atoms with Crippen LogP contribution in [0.15, 0.2) is 12.7 Å². The fraction of sp³-hybridized carbons (Fsp3) is 0.545. The van der Waals surface area contributed by atoms with Gasteiger partial charge in [0.05, 0.1) is 12.5 Å². The van der Waals surface area contributed by atoms with Crippen molar-refractivity contribution >= 4 is 11.2 Å². The Bertz CT molecular complexity index is 526. The molecule has 2 aromatic rings. The molecule has 2 rings (SSSR count). The average molecular weight is 235 g/mol. The molecule has 0 unspecified atom stereocenters. The number of rotatable bonds is 2. The number of aromatic nitrogens is 4. The quantitative estimate of drug-likeness (QED) is 0.853. The number of hydrogen-bond donors (Lipinski definition) is 1. The van der Waals surface area contributed by atoms with Crippen LogP contribution in [0.5, 0.6) is 5.88 Å². The lowest BCUT2D eigenvalue weighted by atomic mass is 10.2. The van der Waals surface area contributed by atoms with Crippen molar-refractivity contribution in [3.8, 4) is 5.88 Å². The summed E-state index contributed by atoms with van der Waals surface area (Å²) < 4.78 is 7.52. The third kappa shape index (κ3) is 2.36. The topological polar surface area (TPSA) is 78.9 Å². The highest BCUT2D eigenvalue weighted by Crippen LogP contribution is 2.24. The first kappa shape index (κ1) is 11.8. The van der Waals surface area contributed by atoms with Gasteiger partial charge in [-0.2, -0.15) is 4.98 Å². The predicted octanol–water partition coefficient (Wildman–Crippen LogP) is 1.48. The zero-order valence-corrected chi connectivity index (χ0v) is 10.5. The van der Waals surface area contributed by atoms with Gasteiger partial charge in [0.2, 0.25) is 5.88 Å². The van der Waals surface area contributed by atoms with E-state index in [1.165, 1.54) is 6.33 Å². The van der Waals surface area contributed by atoms with Crippen LogP contribution in [0.3, 0.4) is 0 Å². The Hall–Kier alpha value is -1.69. The number of hydrogen-bond acceptors (Lipinski definition) is 5. The van der Waals surface area contributed by atoms with Gasteiger partial charge in [-0.25, -0.2) is 9.97 Å². The van der Waals surface area contributed by atoms with Gasteiger partial charge in [0, 0.05) is 0 Å². The van der Waals surface area contributed by atoms with Crippen LogP contribution < -0.4 is 10.5 Å². The van der Waals surface area contributed by atoms with Crippen molar-refractivity contribution in [2.24, 2.45) is 5.73 Å². The molecular formula is C11H17N5O. The molecule has 0 bridgehead atoms. The maximum Gasteiger partial charge on any atom is 0.245 e. The zero-order chi connectivity index (χ0) is 12.6. The van der Waals surface area contributed by atoms with Crippen molar-refractivity contribution in [2.75, 3.05) is 0 Å². The minimum Gasteiger partial charge on any atom is -0.470 e. The second kappa shape index (κ2) is 3.96. The molecule has 0 aliphatic heterocycles. The van der Waals surface area contributed by atoms with Gasteiger partial charge in [-0.15, -0.1) is 0 Å². The molecule has 0 fully saturated rings. The molecule has 0 aromatic carbocycles. The molecule has 2 aromatic heterocycles. The van der Waals surface area contributed by atoms with Gasteiger partial charge in [0.1, 0.15) is 11.9 Å². The summed E-state index contributed by atoms with van der Waals surface area (Å²) in [5, 5.41) is 0. The van der Waals surface area contributed by atoms with Crippen LogP contribution in [-0.2, 0) is 0 Å². The van der Waals surface area contributed by atoms with Gasteiger partial charge in [-0.3, -0.25) is 4.57 Å². The van der Waals surface area contributed by atoms with Crippen LogP contribution in [0.2, 0.25) is 0 Å². The molecule has 0 amide bonds. The fourth-order valence-corrected chi connectivity index (χ4v) is 1.49. The Morgan fingerprint density at radius 1 is 1.29 bits per heavy atom. The number of nitrogens with zero attached hydrogens (tertiary/aromatic N) is 4. The van der Waals surface area contributed by atoms with Crippen molar-refractivity contribution in [3.63, 3.8) is 0 Å². The lowest BCUT2D eigenvalue weighted by Crippen LogP contribution is -2.23. The standard InChI is InChI=1S/C11H17N5O/c1-7(12)16-6-15-8-9(16)13-5-14-10(8)17-11(2,3)4/h5-7H,12H2,1-4H3/t7-/m0/s1. The van der Waals surface area contributed by atoms with E-state index in [0.717, 1.165) is 0 Å². The highest BCUT2D eigenvalue weighted by Gasteiger charge is 2.18. The molecule has 0 radical (unpaired) electrons. The molecule has 0 spiro atoms. The van der Waals surface area contributed by atoms with Gasteiger partial charge in [0.25, 0.3) is 0 Å². The van der Waals surface area contributed by atoms with E-state index >= 15 is 0 Å². The zero-order valence-electron chi connectivity index (χ0n) is 10.5. The summed E-state index contributed by atoms with van der Waals surface area (Å²) in [5.41, 5.74) is 6.83. The predicted molar refractivity (Wildman–Crippen MR) is 64.6 cm³/mol. The summed E-state index contributed by atoms with van der Waals surface area (Å²) in [6, 6.07) is 0. The molecule has 17 heavy (non-hydrogen) atoms. The normalized spacial score (nSPS) is 13.9. The summed E-state index contributed by atoms with van der Waals surface area (Å²) in [6.45, 7) is 7.75. The molecule has 0 saturated carbocycles. The number of nitrogens with two attached hydrogens (primary N) is 1. The minimum absolute atomic E-state index is 0.183. The first-order valence-electron chi connectivity index (χ1n) is 5.50. The van der Waals surface area contributed by atoms with Gasteiger partial charge >= 0.3 is 0 Å². The Kier molecular flexibility index (Phi) is 2.74. The van der Waals surface area contributed by atoms with Crippen molar-refractivity contribution in [1.29, 1.82) is 0 Å². The Labute approximate surface area is 99.8 Å². The molecule has 2 N–H and O–H groups in total. The van der Waals surface area contributed by atoms with Crippen LogP contribution in [0.1, 0.15) is 33.9 Å². The van der Waals surface area contributed by atoms with E-state index in [2.05, 4.69) is 15.0 Å². The van der Waals surface area contributed by atoms with E-state index in [4.69, 9.17) is 10.5 Å². The highest BCUT2D eigenvalue weighted by molar-refractivity contribution is 5.76. The molecule has 6 heteroatoms. The van der Waals surface area contributed by atoms with E-state index in [9.17, 15) is 0 Å². The maximum absolute atomic E-state index is 5.82. The van der Waals surface area contributed by atoms with E-state index in [1.807, 2.05) is 27.7 Å². The molecular weight excluding hydrogens is 218 g/mol. The largest absolute Gasteiger partial charge is 0.470 e. The molecule has 0 aliphatic rings. The Balaban J connectivity index is 2.52. The van der Waals surface area contributed by atoms with Crippen LogP contribution in [-0.4, -0.2) is 25.1 Å². The van der Waals surface area contributed by atoms with E-state index in [-0.39, 0.29) is 11.8 Å². The second-order valence-electron chi connectivity index (χ2n) is 4.96. The fourth-order valence-electron chi connectivity index (χ4n) is 1.49. The van der Waals surface area contributed by atoms with E-state index in [0.29, 0.717) is 17.0 Å². The molecule has 2 heterocycles. The Morgan fingerprint density at radius 2 is 2.00 bits per heavy atom. The molecule has 1 atom stereocenters. The van der Waals surface area contributed by atoms with Crippen LogP contribution >= 0.6 is 0 Å². The first-order chi connectivity index (χ1) is 7.88. The van der Waals surface area contributed by atoms with Crippen LogP contribution in [0.4, 0.5) is 0 Å². The summed E-state index contributed by atoms with van der Waals surface area (Å²) in [7, 11) is 0. The summed E-state index contributed by atoms with van der Waals surface area (Å²) in [4.78, 5) is 12.6. The number of fused-ring (bicyclic) bond motifs is 1. The molecule has 0 aliphatic carbocycles. The van der Waals surface area contributed by atoms with Crippen molar-refractivity contribution in [2.45, 2.75) is 39.5 Å². The summed E-state index contributed by atoms with van der Waals surface area (Å²) in [5.74, 6) is 0.488. The SMILES string of the molecule is C[C@@H](N)n1cnc2c(OC(C)(C)C)ncnc21. The van der Waals surface area contributed by atoms with Crippen LogP contribution in [0, 0.1) is 0 Å². The smallest absolute Gasteiger partial charge is 0.245 e. The summed E-state index contributed by atoms with van der Waals surface area (Å²) in [6.07, 6.45) is 2.93. The van der Waals surface area contributed by atoms with E-state index < -0.39 is 0 Å². The van der Waals surface area contributed by atoms with Crippen molar-refractivity contribution in [1.82, 2.24) is 19.5 Å². The maximum atomic E-state index is 5.82. The first-order valence-corrected chi connectivity index (χ1v) is 5.50. The van der Waals surface area contributed by atoms with Crippen molar-refractivity contribution < 1.29 is 4.74 Å². The molecule has 92 valence electrons. The van der Waals surface area contributed by atoms with Gasteiger partial charge in [-0.1, -0.05) is 0 Å². The second-order valence-corrected chi connectivity index (χ2v) is 4.96. The number of ether oxygens (including phenoxy) is 1. The number of imidazole rings is 1. The molecule has 6 nitrogen and oxygen atoms in total. The third-order valence-corrected chi connectivity index (χ3v) is 2.17. The van der Waals surface area contributed by atoms with E-state index in [1.54, 1.807) is 10.9 Å². The highest BCUT2D eigenvalue weighted by atomic mass is 16.5.